The Morgan fingerprint density at radius 2 is 1.49 bits per heavy atom. The molecule has 0 aliphatic carbocycles. The molecule has 0 aromatic heterocycles. The van der Waals surface area contributed by atoms with Gasteiger partial charge in [0.1, 0.15) is 17.5 Å². The van der Waals surface area contributed by atoms with E-state index in [0.29, 0.717) is 22.3 Å². The number of halogens is 1. The quantitative estimate of drug-likeness (QED) is 0.0886. The second-order valence-electron chi connectivity index (χ2n) is 14.6. The molecule has 4 amide bonds. The Kier molecular flexibility index (Phi) is 15.5. The number of aliphatic hydroxyl groups is 1. The van der Waals surface area contributed by atoms with Crippen molar-refractivity contribution in [1.29, 1.82) is 0 Å². The minimum absolute atomic E-state index is 0.0185. The van der Waals surface area contributed by atoms with Gasteiger partial charge in [-0.3, -0.25) is 23.5 Å². The molecule has 16 heteroatoms. The van der Waals surface area contributed by atoms with Gasteiger partial charge in [0.05, 0.1) is 30.7 Å². The maximum Gasteiger partial charge on any atom is 0.337 e. The monoisotopic (exact) mass is 831 g/mol. The number of methoxy groups -OCH3 is 1. The van der Waals surface area contributed by atoms with Crippen molar-refractivity contribution in [2.45, 2.75) is 64.3 Å². The van der Waals surface area contributed by atoms with E-state index in [2.05, 4.69) is 21.3 Å². The van der Waals surface area contributed by atoms with E-state index in [9.17, 15) is 41.9 Å². The summed E-state index contributed by atoms with van der Waals surface area (Å²) < 4.78 is 44.2. The highest BCUT2D eigenvalue weighted by Gasteiger charge is 2.37. The van der Waals surface area contributed by atoms with Crippen LogP contribution in [0.4, 0.5) is 15.8 Å². The number of rotatable bonds is 18. The molecule has 0 saturated carbocycles. The van der Waals surface area contributed by atoms with Crippen LogP contribution in [0.2, 0.25) is 0 Å². The third-order valence-corrected chi connectivity index (χ3v) is 10.9. The zero-order valence-corrected chi connectivity index (χ0v) is 34.6. The molecule has 0 aliphatic rings. The number of amides is 4. The molecular formula is C43H50FN5O9S. The standard InChI is InChI=1S/C43H50FN5O9S/c1-27(2)38(40(52)45-26-30-12-14-32(15-13-30)41(53)58-5)48-37(50)20-21-43(55,25-29-10-8-7-9-11-29)42(54)47-35-22-33(23-36(24-35)49(4)59(6,56)57)39(51)46-28(3)31-16-18-34(44)19-17-31/h7-19,22-24,27-28,38,55H,20-21,25-26H2,1-6H3,(H,45,52)(H,46,51)(H,47,54)(H,48,50)/t28-,38+,43?/m1/s1. The van der Waals surface area contributed by atoms with Crippen LogP contribution in [0.5, 0.6) is 0 Å². The summed E-state index contributed by atoms with van der Waals surface area (Å²) in [6, 6.07) is 23.1. The first-order chi connectivity index (χ1) is 27.8. The van der Waals surface area contributed by atoms with Crippen LogP contribution in [0, 0.1) is 11.7 Å². The Morgan fingerprint density at radius 1 is 0.847 bits per heavy atom. The van der Waals surface area contributed by atoms with E-state index in [0.717, 1.165) is 10.6 Å². The molecule has 0 heterocycles. The highest BCUT2D eigenvalue weighted by Crippen LogP contribution is 2.28. The first kappa shape index (κ1) is 45.6. The van der Waals surface area contributed by atoms with E-state index in [4.69, 9.17) is 4.74 Å². The SMILES string of the molecule is COC(=O)c1ccc(CNC(=O)[C@@H](NC(=O)CCC(O)(Cc2ccccc2)C(=O)Nc2cc(C(=O)N[C@H](C)c3ccc(F)cc3)cc(N(C)S(C)(=O)=O)c2)C(C)C)cc1. The fraction of sp³-hybridized carbons (Fsp3) is 0.326. The summed E-state index contributed by atoms with van der Waals surface area (Å²) in [5.74, 6) is -3.91. The molecule has 0 spiro atoms. The zero-order valence-electron chi connectivity index (χ0n) is 33.7. The van der Waals surface area contributed by atoms with E-state index in [1.54, 1.807) is 75.4 Å². The summed E-state index contributed by atoms with van der Waals surface area (Å²) in [4.78, 5) is 66.0. The molecule has 4 rings (SSSR count). The van der Waals surface area contributed by atoms with Crippen molar-refractivity contribution in [2.75, 3.05) is 30.0 Å². The van der Waals surface area contributed by atoms with Gasteiger partial charge >= 0.3 is 5.97 Å². The van der Waals surface area contributed by atoms with Crippen LogP contribution in [0.25, 0.3) is 0 Å². The number of hydrogen-bond donors (Lipinski definition) is 5. The number of hydrogen-bond acceptors (Lipinski definition) is 9. The van der Waals surface area contributed by atoms with Gasteiger partial charge in [-0.25, -0.2) is 17.6 Å². The van der Waals surface area contributed by atoms with Gasteiger partial charge < -0.3 is 31.1 Å². The molecule has 4 aromatic rings. The molecule has 0 radical (unpaired) electrons. The van der Waals surface area contributed by atoms with Crippen LogP contribution in [-0.2, 0) is 42.1 Å². The molecule has 314 valence electrons. The first-order valence-corrected chi connectivity index (χ1v) is 20.6. The lowest BCUT2D eigenvalue weighted by Gasteiger charge is -2.28. The van der Waals surface area contributed by atoms with Gasteiger partial charge in [0.15, 0.2) is 0 Å². The molecule has 59 heavy (non-hydrogen) atoms. The van der Waals surface area contributed by atoms with Crippen molar-refractivity contribution >= 4 is 51.0 Å². The number of ether oxygens (including phenoxy) is 1. The maximum absolute atomic E-state index is 14.1. The molecule has 14 nitrogen and oxygen atoms in total. The average Bonchev–Trinajstić information content (AvgIpc) is 3.20. The van der Waals surface area contributed by atoms with E-state index in [1.165, 1.54) is 56.6 Å². The third kappa shape index (κ3) is 12.9. The minimum atomic E-state index is -3.83. The third-order valence-electron chi connectivity index (χ3n) is 9.65. The van der Waals surface area contributed by atoms with Crippen molar-refractivity contribution in [3.8, 4) is 0 Å². The molecule has 0 aliphatic heterocycles. The van der Waals surface area contributed by atoms with Crippen LogP contribution in [0.15, 0.2) is 97.1 Å². The molecule has 0 fully saturated rings. The van der Waals surface area contributed by atoms with Gasteiger partial charge in [0, 0.05) is 37.7 Å². The highest BCUT2D eigenvalue weighted by atomic mass is 32.2. The lowest BCUT2D eigenvalue weighted by molar-refractivity contribution is -0.137. The first-order valence-electron chi connectivity index (χ1n) is 18.8. The Morgan fingerprint density at radius 3 is 2.08 bits per heavy atom. The minimum Gasteiger partial charge on any atom is -0.465 e. The molecule has 3 atom stereocenters. The van der Waals surface area contributed by atoms with E-state index in [1.807, 2.05) is 0 Å². The van der Waals surface area contributed by atoms with Gasteiger partial charge in [-0.1, -0.05) is 68.4 Å². The summed E-state index contributed by atoms with van der Waals surface area (Å²) in [6.45, 7) is 5.31. The van der Waals surface area contributed by atoms with Crippen LogP contribution in [0.1, 0.15) is 77.1 Å². The van der Waals surface area contributed by atoms with Crippen molar-refractivity contribution in [3.05, 3.63) is 131 Å². The van der Waals surface area contributed by atoms with Crippen LogP contribution in [0.3, 0.4) is 0 Å². The second kappa shape index (κ2) is 20.0. The van der Waals surface area contributed by atoms with Crippen molar-refractivity contribution in [2.24, 2.45) is 5.92 Å². The van der Waals surface area contributed by atoms with Gasteiger partial charge in [-0.05, 0) is 78.4 Å². The van der Waals surface area contributed by atoms with Crippen molar-refractivity contribution < 1.29 is 46.6 Å². The summed E-state index contributed by atoms with van der Waals surface area (Å²) in [5, 5.41) is 22.9. The van der Waals surface area contributed by atoms with Crippen LogP contribution < -0.4 is 25.6 Å². The lowest BCUT2D eigenvalue weighted by atomic mass is 9.88. The van der Waals surface area contributed by atoms with Crippen LogP contribution in [-0.4, -0.2) is 75.2 Å². The Bertz CT molecular complexity index is 2240. The van der Waals surface area contributed by atoms with Crippen molar-refractivity contribution in [3.63, 3.8) is 0 Å². The number of carbonyl (C=O) groups excluding carboxylic acids is 5. The van der Waals surface area contributed by atoms with Gasteiger partial charge in [0.25, 0.3) is 11.8 Å². The Balaban J connectivity index is 1.53. The Hall–Kier alpha value is -6.13. The summed E-state index contributed by atoms with van der Waals surface area (Å²) >= 11 is 0. The van der Waals surface area contributed by atoms with E-state index >= 15 is 0 Å². The average molecular weight is 832 g/mol. The van der Waals surface area contributed by atoms with Gasteiger partial charge in [-0.2, -0.15) is 0 Å². The number of benzene rings is 4. The summed E-state index contributed by atoms with van der Waals surface area (Å²) in [6.07, 6.45) is -0.00258. The second-order valence-corrected chi connectivity index (χ2v) is 16.6. The number of sulfonamides is 1. The highest BCUT2D eigenvalue weighted by molar-refractivity contribution is 7.92. The largest absolute Gasteiger partial charge is 0.465 e. The zero-order chi connectivity index (χ0) is 43.5. The molecule has 1 unspecified atom stereocenters. The number of esters is 1. The fourth-order valence-corrected chi connectivity index (χ4v) is 6.53. The predicted octanol–water partition coefficient (Wildman–Crippen LogP) is 4.65. The smallest absolute Gasteiger partial charge is 0.337 e. The predicted molar refractivity (Wildman–Crippen MR) is 221 cm³/mol. The molecule has 0 bridgehead atoms. The fourth-order valence-electron chi connectivity index (χ4n) is 6.04. The van der Waals surface area contributed by atoms with E-state index < -0.39 is 63.1 Å². The maximum atomic E-state index is 14.1. The van der Waals surface area contributed by atoms with Crippen LogP contribution >= 0.6 is 0 Å². The normalized spacial score (nSPS) is 13.3. The number of anilines is 2. The van der Waals surface area contributed by atoms with Gasteiger partial charge in [0.2, 0.25) is 21.8 Å². The molecule has 4 aromatic carbocycles. The molecule has 0 saturated heterocycles. The topological polar surface area (TPSA) is 200 Å². The van der Waals surface area contributed by atoms with E-state index in [-0.39, 0.29) is 48.7 Å². The lowest BCUT2D eigenvalue weighted by Crippen LogP contribution is -2.50. The summed E-state index contributed by atoms with van der Waals surface area (Å²) in [7, 11) is -1.28. The molecular weight excluding hydrogens is 782 g/mol. The number of nitrogens with zero attached hydrogens (tertiary/aromatic N) is 1. The summed E-state index contributed by atoms with van der Waals surface area (Å²) in [5.41, 5.74) is 0.0277. The van der Waals surface area contributed by atoms with Gasteiger partial charge in [-0.15, -0.1) is 0 Å². The van der Waals surface area contributed by atoms with Crippen molar-refractivity contribution in [1.82, 2.24) is 16.0 Å². The molecule has 5 N–H and O–H groups in total. The number of nitrogens with one attached hydrogen (secondary N) is 4. The number of carbonyl (C=O) groups is 5. The Labute approximate surface area is 343 Å².